The summed E-state index contributed by atoms with van der Waals surface area (Å²) in [5, 5.41) is 2.14. The van der Waals surface area contributed by atoms with Crippen LogP contribution in [0.3, 0.4) is 0 Å². The number of hydrogen-bond acceptors (Lipinski definition) is 5. The summed E-state index contributed by atoms with van der Waals surface area (Å²) in [7, 11) is 0. The van der Waals surface area contributed by atoms with E-state index in [0.29, 0.717) is 17.5 Å². The molecule has 0 aliphatic heterocycles. The summed E-state index contributed by atoms with van der Waals surface area (Å²) in [6, 6.07) is 67.0. The van der Waals surface area contributed by atoms with Gasteiger partial charge in [-0.1, -0.05) is 170 Å². The minimum Gasteiger partial charge on any atom is -0.456 e. The third kappa shape index (κ3) is 6.68. The molecule has 3 heterocycles. The molecule has 0 saturated carbocycles. The molecule has 0 amide bonds. The van der Waals surface area contributed by atoms with Crippen LogP contribution in [-0.2, 0) is 0 Å². The Labute approximate surface area is 330 Å². The van der Waals surface area contributed by atoms with E-state index in [0.717, 1.165) is 83.2 Å². The fourth-order valence-electron chi connectivity index (χ4n) is 7.48. The number of furan rings is 1. The summed E-state index contributed by atoms with van der Waals surface area (Å²) in [5.74, 6) is 1.77. The lowest BCUT2D eigenvalue weighted by Gasteiger charge is -2.19. The van der Waals surface area contributed by atoms with E-state index in [2.05, 4.69) is 138 Å². The highest BCUT2D eigenvalue weighted by Gasteiger charge is 2.19. The van der Waals surface area contributed by atoms with Crippen LogP contribution >= 0.6 is 0 Å². The Bertz CT molecular complexity index is 2970. The highest BCUT2D eigenvalue weighted by molar-refractivity contribution is 6.06. The van der Waals surface area contributed by atoms with Crippen LogP contribution in [0.5, 0.6) is 0 Å². The average Bonchev–Trinajstić information content (AvgIpc) is 3.67. The molecule has 0 atom stereocenters. The number of hydrogen-bond donors (Lipinski definition) is 0. The van der Waals surface area contributed by atoms with Gasteiger partial charge in [-0.2, -0.15) is 0 Å². The molecule has 10 aromatic rings. The van der Waals surface area contributed by atoms with Crippen molar-refractivity contribution in [3.8, 4) is 45.3 Å². The van der Waals surface area contributed by atoms with Crippen LogP contribution < -0.4 is 0 Å². The van der Waals surface area contributed by atoms with Gasteiger partial charge in [-0.25, -0.2) is 15.0 Å². The number of rotatable bonds is 8. The maximum atomic E-state index is 6.25. The molecule has 0 fully saturated rings. The molecule has 0 saturated heterocycles. The second-order valence-corrected chi connectivity index (χ2v) is 13.9. The lowest BCUT2D eigenvalue weighted by molar-refractivity contribution is 0.669. The first-order valence-corrected chi connectivity index (χ1v) is 19.0. The first kappa shape index (κ1) is 33.8. The Balaban J connectivity index is 1.12. The first-order valence-electron chi connectivity index (χ1n) is 19.0. The fourth-order valence-corrected chi connectivity index (χ4v) is 7.48. The van der Waals surface area contributed by atoms with Crippen molar-refractivity contribution >= 4 is 33.1 Å². The number of benzene rings is 7. The van der Waals surface area contributed by atoms with Gasteiger partial charge in [0, 0.05) is 39.9 Å². The van der Waals surface area contributed by atoms with Gasteiger partial charge in [0.05, 0.1) is 0 Å². The summed E-state index contributed by atoms with van der Waals surface area (Å²) in [5.41, 5.74) is 13.2. The molecule has 0 bridgehead atoms. The lowest BCUT2D eigenvalue weighted by atomic mass is 9.85. The molecule has 5 nitrogen and oxygen atoms in total. The Kier molecular flexibility index (Phi) is 8.78. The number of fused-ring (bicyclic) bond motifs is 3. The molecule has 0 spiro atoms. The molecule has 3 aromatic heterocycles. The Hall–Kier alpha value is -7.76. The zero-order valence-electron chi connectivity index (χ0n) is 30.8. The SMILES string of the molecule is c1ccc(C(=C(c2ccc(-c3cccnc3)cc2)c2ccc(-c3nc(-c4ccccc4)nc(-c4ccc5c(c4)oc4ccccc45)n3)cc2)c2ccccc2)cc1. The third-order valence-corrected chi connectivity index (χ3v) is 10.3. The van der Waals surface area contributed by atoms with E-state index < -0.39 is 0 Å². The first-order chi connectivity index (χ1) is 28.2. The van der Waals surface area contributed by atoms with Crippen molar-refractivity contribution in [3.05, 3.63) is 229 Å². The van der Waals surface area contributed by atoms with Crippen molar-refractivity contribution in [2.75, 3.05) is 0 Å². The molecule has 57 heavy (non-hydrogen) atoms. The van der Waals surface area contributed by atoms with Crippen LogP contribution in [0.2, 0.25) is 0 Å². The number of para-hydroxylation sites is 1. The highest BCUT2D eigenvalue weighted by Crippen LogP contribution is 2.39. The molecule has 0 aliphatic rings. The largest absolute Gasteiger partial charge is 0.456 e. The standard InChI is InChI=1S/C52H34N4O/c1-4-13-36(14-5-1)48(37-15-6-2-7-16-37)49(38-24-22-35(23-25-38)43-19-12-32-53-34-43)39-26-28-41(29-27-39)51-54-50(40-17-8-3-9-18-40)55-52(56-51)42-30-31-45-44-20-10-11-21-46(44)57-47(45)33-42/h1-34H. The molecule has 0 radical (unpaired) electrons. The van der Waals surface area contributed by atoms with Gasteiger partial charge in [-0.3, -0.25) is 4.98 Å². The Morgan fingerprint density at radius 1 is 0.333 bits per heavy atom. The van der Waals surface area contributed by atoms with Gasteiger partial charge in [-0.05, 0) is 68.8 Å². The summed E-state index contributed by atoms with van der Waals surface area (Å²) in [4.78, 5) is 19.4. The predicted molar refractivity (Wildman–Crippen MR) is 231 cm³/mol. The van der Waals surface area contributed by atoms with Crippen molar-refractivity contribution < 1.29 is 4.42 Å². The zero-order valence-corrected chi connectivity index (χ0v) is 30.8. The van der Waals surface area contributed by atoms with E-state index in [1.807, 2.05) is 66.9 Å². The van der Waals surface area contributed by atoms with E-state index in [1.165, 1.54) is 0 Å². The highest BCUT2D eigenvalue weighted by atomic mass is 16.3. The normalized spacial score (nSPS) is 11.2. The van der Waals surface area contributed by atoms with Gasteiger partial charge >= 0.3 is 0 Å². The molecule has 0 aliphatic carbocycles. The van der Waals surface area contributed by atoms with Crippen LogP contribution in [0.4, 0.5) is 0 Å². The molecular weight excluding hydrogens is 697 g/mol. The smallest absolute Gasteiger partial charge is 0.164 e. The van der Waals surface area contributed by atoms with Gasteiger partial charge in [0.25, 0.3) is 0 Å². The van der Waals surface area contributed by atoms with Gasteiger partial charge in [0.1, 0.15) is 11.2 Å². The zero-order chi connectivity index (χ0) is 38.0. The molecule has 10 rings (SSSR count). The summed E-state index contributed by atoms with van der Waals surface area (Å²) >= 11 is 0. The van der Waals surface area contributed by atoms with Crippen molar-refractivity contribution in [1.29, 1.82) is 0 Å². The number of aromatic nitrogens is 4. The summed E-state index contributed by atoms with van der Waals surface area (Å²) in [6.45, 7) is 0. The van der Waals surface area contributed by atoms with E-state index in [9.17, 15) is 0 Å². The molecular formula is C52H34N4O. The van der Waals surface area contributed by atoms with Crippen molar-refractivity contribution in [1.82, 2.24) is 19.9 Å². The van der Waals surface area contributed by atoms with Crippen molar-refractivity contribution in [2.45, 2.75) is 0 Å². The molecule has 0 N–H and O–H groups in total. The predicted octanol–water partition coefficient (Wildman–Crippen LogP) is 12.8. The average molecular weight is 731 g/mol. The maximum absolute atomic E-state index is 6.25. The Morgan fingerprint density at radius 3 is 1.39 bits per heavy atom. The van der Waals surface area contributed by atoms with Crippen molar-refractivity contribution in [3.63, 3.8) is 0 Å². The van der Waals surface area contributed by atoms with E-state index >= 15 is 0 Å². The second-order valence-electron chi connectivity index (χ2n) is 13.9. The van der Waals surface area contributed by atoms with Crippen LogP contribution in [0, 0.1) is 0 Å². The fraction of sp³-hybridized carbons (Fsp3) is 0. The van der Waals surface area contributed by atoms with Gasteiger partial charge in [0.2, 0.25) is 0 Å². The number of pyridine rings is 1. The van der Waals surface area contributed by atoms with Crippen molar-refractivity contribution in [2.24, 2.45) is 0 Å². The summed E-state index contributed by atoms with van der Waals surface area (Å²) in [6.07, 6.45) is 3.70. The monoisotopic (exact) mass is 730 g/mol. The van der Waals surface area contributed by atoms with Gasteiger partial charge in [0.15, 0.2) is 17.5 Å². The Morgan fingerprint density at radius 2 is 0.789 bits per heavy atom. The topological polar surface area (TPSA) is 64.7 Å². The third-order valence-electron chi connectivity index (χ3n) is 10.3. The van der Waals surface area contributed by atoms with E-state index in [-0.39, 0.29) is 0 Å². The van der Waals surface area contributed by atoms with Crippen LogP contribution in [0.15, 0.2) is 211 Å². The molecule has 268 valence electrons. The maximum Gasteiger partial charge on any atom is 0.164 e. The van der Waals surface area contributed by atoms with E-state index in [4.69, 9.17) is 19.4 Å². The van der Waals surface area contributed by atoms with Crippen LogP contribution in [-0.4, -0.2) is 19.9 Å². The molecule has 5 heteroatoms. The molecule has 7 aromatic carbocycles. The second kappa shape index (κ2) is 14.8. The number of nitrogens with zero attached hydrogens (tertiary/aromatic N) is 4. The molecule has 0 unspecified atom stereocenters. The lowest BCUT2D eigenvalue weighted by Crippen LogP contribution is -2.01. The van der Waals surface area contributed by atoms with E-state index in [1.54, 1.807) is 6.20 Å². The minimum atomic E-state index is 0.579. The van der Waals surface area contributed by atoms with Crippen LogP contribution in [0.25, 0.3) is 78.4 Å². The minimum absolute atomic E-state index is 0.579. The summed E-state index contributed by atoms with van der Waals surface area (Å²) < 4.78 is 6.25. The van der Waals surface area contributed by atoms with Crippen LogP contribution in [0.1, 0.15) is 22.3 Å². The van der Waals surface area contributed by atoms with Gasteiger partial charge < -0.3 is 4.42 Å². The quantitative estimate of drug-likeness (QED) is 0.146. The van der Waals surface area contributed by atoms with Gasteiger partial charge in [-0.15, -0.1) is 0 Å².